The standard InChI is InChI=1S/C14H18ClNO3/c1-14(2,8-15)9-16-13(17)12-7-18-10-5-3-4-6-11(10)19-12/h3-6,12H,7-9H2,1-2H3,(H,16,17). The minimum Gasteiger partial charge on any atom is -0.485 e. The molecule has 1 aliphatic rings. The smallest absolute Gasteiger partial charge is 0.264 e. The largest absolute Gasteiger partial charge is 0.485 e. The number of para-hydroxylation sites is 2. The number of carbonyl (C=O) groups excluding carboxylic acids is 1. The molecule has 0 radical (unpaired) electrons. The minimum absolute atomic E-state index is 0.134. The Kier molecular flexibility index (Phi) is 4.20. The van der Waals surface area contributed by atoms with Crippen molar-refractivity contribution in [1.29, 1.82) is 0 Å². The SMILES string of the molecule is CC(C)(CCl)CNC(=O)C1COc2ccccc2O1. The fourth-order valence-electron chi connectivity index (χ4n) is 1.64. The van der Waals surface area contributed by atoms with Crippen LogP contribution < -0.4 is 14.8 Å². The zero-order valence-corrected chi connectivity index (χ0v) is 11.9. The van der Waals surface area contributed by atoms with Crippen LogP contribution in [0.3, 0.4) is 0 Å². The molecule has 1 aliphatic heterocycles. The van der Waals surface area contributed by atoms with Gasteiger partial charge in [0.25, 0.3) is 5.91 Å². The number of carbonyl (C=O) groups is 1. The van der Waals surface area contributed by atoms with Crippen molar-refractivity contribution >= 4 is 17.5 Å². The molecule has 19 heavy (non-hydrogen) atoms. The van der Waals surface area contributed by atoms with Crippen LogP contribution in [0.15, 0.2) is 24.3 Å². The monoisotopic (exact) mass is 283 g/mol. The first kappa shape index (κ1) is 14.0. The van der Waals surface area contributed by atoms with Crippen LogP contribution in [0.1, 0.15) is 13.8 Å². The molecule has 0 fully saturated rings. The molecule has 1 heterocycles. The number of hydrogen-bond donors (Lipinski definition) is 1. The molecule has 1 amide bonds. The van der Waals surface area contributed by atoms with Gasteiger partial charge in [-0.3, -0.25) is 4.79 Å². The van der Waals surface area contributed by atoms with Gasteiger partial charge < -0.3 is 14.8 Å². The van der Waals surface area contributed by atoms with E-state index in [1.54, 1.807) is 6.07 Å². The molecule has 0 saturated heterocycles. The van der Waals surface area contributed by atoms with Crippen LogP contribution in [0.5, 0.6) is 11.5 Å². The van der Waals surface area contributed by atoms with Crippen molar-refractivity contribution in [2.45, 2.75) is 20.0 Å². The molecule has 1 aromatic carbocycles. The zero-order chi connectivity index (χ0) is 13.9. The van der Waals surface area contributed by atoms with Gasteiger partial charge >= 0.3 is 0 Å². The Morgan fingerprint density at radius 2 is 2.11 bits per heavy atom. The number of rotatable bonds is 4. The van der Waals surface area contributed by atoms with Crippen molar-refractivity contribution in [3.05, 3.63) is 24.3 Å². The van der Waals surface area contributed by atoms with Crippen LogP contribution in [0.2, 0.25) is 0 Å². The molecular formula is C14H18ClNO3. The minimum atomic E-state index is -0.610. The fourth-order valence-corrected chi connectivity index (χ4v) is 1.73. The van der Waals surface area contributed by atoms with E-state index < -0.39 is 6.10 Å². The lowest BCUT2D eigenvalue weighted by Crippen LogP contribution is -2.46. The maximum atomic E-state index is 12.0. The Morgan fingerprint density at radius 3 is 2.79 bits per heavy atom. The number of hydrogen-bond acceptors (Lipinski definition) is 3. The number of fused-ring (bicyclic) bond motifs is 1. The first-order chi connectivity index (χ1) is 9.02. The lowest BCUT2D eigenvalue weighted by Gasteiger charge is -2.27. The van der Waals surface area contributed by atoms with Crippen LogP contribution in [0.25, 0.3) is 0 Å². The lowest BCUT2D eigenvalue weighted by molar-refractivity contribution is -0.130. The summed E-state index contributed by atoms with van der Waals surface area (Å²) in [7, 11) is 0. The summed E-state index contributed by atoms with van der Waals surface area (Å²) in [4.78, 5) is 12.0. The predicted octanol–water partition coefficient (Wildman–Crippen LogP) is 2.21. The van der Waals surface area contributed by atoms with Crippen molar-refractivity contribution in [3.63, 3.8) is 0 Å². The Labute approximate surface area is 118 Å². The average molecular weight is 284 g/mol. The molecule has 1 N–H and O–H groups in total. The molecule has 0 bridgehead atoms. The van der Waals surface area contributed by atoms with Gasteiger partial charge in [-0.05, 0) is 17.5 Å². The molecule has 5 heteroatoms. The Morgan fingerprint density at radius 1 is 1.42 bits per heavy atom. The summed E-state index contributed by atoms with van der Waals surface area (Å²) in [5.74, 6) is 1.59. The second-order valence-corrected chi connectivity index (χ2v) is 5.65. The number of halogens is 1. The number of ether oxygens (including phenoxy) is 2. The van der Waals surface area contributed by atoms with Crippen LogP contribution in [0, 0.1) is 5.41 Å². The first-order valence-corrected chi connectivity index (χ1v) is 6.77. The quantitative estimate of drug-likeness (QED) is 0.862. The van der Waals surface area contributed by atoms with E-state index in [0.29, 0.717) is 23.9 Å². The van der Waals surface area contributed by atoms with Crippen molar-refractivity contribution in [3.8, 4) is 11.5 Å². The second-order valence-electron chi connectivity index (χ2n) is 5.38. The van der Waals surface area contributed by atoms with Gasteiger partial charge in [0.05, 0.1) is 0 Å². The summed E-state index contributed by atoms with van der Waals surface area (Å²) in [6, 6.07) is 7.32. The van der Waals surface area contributed by atoms with Gasteiger partial charge in [-0.15, -0.1) is 11.6 Å². The Balaban J connectivity index is 1.92. The molecule has 1 unspecified atom stereocenters. The van der Waals surface area contributed by atoms with E-state index in [0.717, 1.165) is 0 Å². The third-order valence-electron chi connectivity index (χ3n) is 2.90. The number of nitrogens with one attached hydrogen (secondary N) is 1. The zero-order valence-electron chi connectivity index (χ0n) is 11.1. The normalized spacial score (nSPS) is 17.9. The van der Waals surface area contributed by atoms with E-state index in [1.807, 2.05) is 32.0 Å². The molecule has 0 spiro atoms. The lowest BCUT2D eigenvalue weighted by atomic mass is 9.96. The highest BCUT2D eigenvalue weighted by Crippen LogP contribution is 2.30. The summed E-state index contributed by atoms with van der Waals surface area (Å²) in [6.45, 7) is 4.72. The van der Waals surface area contributed by atoms with Crippen LogP contribution in [-0.4, -0.2) is 31.0 Å². The highest BCUT2D eigenvalue weighted by molar-refractivity contribution is 6.18. The fraction of sp³-hybridized carbons (Fsp3) is 0.500. The third kappa shape index (κ3) is 3.53. The molecule has 0 saturated carbocycles. The maximum absolute atomic E-state index is 12.0. The molecule has 1 atom stereocenters. The molecule has 2 rings (SSSR count). The molecule has 0 aromatic heterocycles. The Hall–Kier alpha value is -1.42. The molecule has 1 aromatic rings. The van der Waals surface area contributed by atoms with Crippen LogP contribution >= 0.6 is 11.6 Å². The van der Waals surface area contributed by atoms with Crippen LogP contribution in [0.4, 0.5) is 0 Å². The third-order valence-corrected chi connectivity index (χ3v) is 3.63. The highest BCUT2D eigenvalue weighted by Gasteiger charge is 2.28. The van der Waals surface area contributed by atoms with E-state index in [2.05, 4.69) is 5.32 Å². The van der Waals surface area contributed by atoms with Gasteiger partial charge in [0, 0.05) is 12.4 Å². The van der Waals surface area contributed by atoms with Gasteiger partial charge in [0.2, 0.25) is 6.10 Å². The second kappa shape index (κ2) is 5.70. The van der Waals surface area contributed by atoms with Crippen LogP contribution in [-0.2, 0) is 4.79 Å². The van der Waals surface area contributed by atoms with Crippen molar-refractivity contribution in [2.75, 3.05) is 19.0 Å². The average Bonchev–Trinajstić information content (AvgIpc) is 2.44. The number of benzene rings is 1. The number of amides is 1. The molecule has 4 nitrogen and oxygen atoms in total. The summed E-state index contributed by atoms with van der Waals surface area (Å²) in [5.41, 5.74) is -0.134. The molecule has 0 aliphatic carbocycles. The van der Waals surface area contributed by atoms with Gasteiger partial charge in [-0.25, -0.2) is 0 Å². The van der Waals surface area contributed by atoms with Crippen molar-refractivity contribution < 1.29 is 14.3 Å². The van der Waals surface area contributed by atoms with E-state index in [1.165, 1.54) is 0 Å². The summed E-state index contributed by atoms with van der Waals surface area (Å²) >= 11 is 5.82. The maximum Gasteiger partial charge on any atom is 0.264 e. The topological polar surface area (TPSA) is 47.6 Å². The first-order valence-electron chi connectivity index (χ1n) is 6.24. The van der Waals surface area contributed by atoms with E-state index in [9.17, 15) is 4.79 Å². The van der Waals surface area contributed by atoms with Crippen molar-refractivity contribution in [1.82, 2.24) is 5.32 Å². The van der Waals surface area contributed by atoms with Gasteiger partial charge in [-0.2, -0.15) is 0 Å². The predicted molar refractivity (Wildman–Crippen MR) is 73.9 cm³/mol. The van der Waals surface area contributed by atoms with Gasteiger partial charge in [-0.1, -0.05) is 26.0 Å². The highest BCUT2D eigenvalue weighted by atomic mass is 35.5. The summed E-state index contributed by atoms with van der Waals surface area (Å²) < 4.78 is 11.1. The van der Waals surface area contributed by atoms with E-state index in [4.69, 9.17) is 21.1 Å². The molecule has 104 valence electrons. The summed E-state index contributed by atoms with van der Waals surface area (Å²) in [6.07, 6.45) is -0.610. The Bertz CT molecular complexity index is 462. The van der Waals surface area contributed by atoms with Gasteiger partial charge in [0.1, 0.15) is 6.61 Å². The van der Waals surface area contributed by atoms with Gasteiger partial charge in [0.15, 0.2) is 11.5 Å². The molecular weight excluding hydrogens is 266 g/mol. The van der Waals surface area contributed by atoms with E-state index >= 15 is 0 Å². The number of alkyl halides is 1. The summed E-state index contributed by atoms with van der Waals surface area (Å²) in [5, 5.41) is 2.85. The van der Waals surface area contributed by atoms with E-state index in [-0.39, 0.29) is 17.9 Å². The van der Waals surface area contributed by atoms with Crippen molar-refractivity contribution in [2.24, 2.45) is 5.41 Å².